The third-order valence-electron chi connectivity index (χ3n) is 4.00. The zero-order chi connectivity index (χ0) is 13.1. The maximum Gasteiger partial charge on any atom is 0.123 e. The van der Waals surface area contributed by atoms with Crippen LogP contribution < -0.4 is 0 Å². The van der Waals surface area contributed by atoms with E-state index in [9.17, 15) is 9.50 Å². The second-order valence-electron chi connectivity index (χ2n) is 5.32. The van der Waals surface area contributed by atoms with Crippen LogP contribution in [0.1, 0.15) is 44.7 Å². The number of rotatable bonds is 4. The van der Waals surface area contributed by atoms with E-state index in [0.717, 1.165) is 19.0 Å². The molecule has 0 saturated carbocycles. The normalized spacial score (nSPS) is 22.3. The minimum absolute atomic E-state index is 0.0857. The number of benzene rings is 1. The zero-order valence-electron chi connectivity index (χ0n) is 11.2. The smallest absolute Gasteiger partial charge is 0.123 e. The van der Waals surface area contributed by atoms with Crippen LogP contribution in [0, 0.1) is 11.7 Å². The fraction of sp³-hybridized carbons (Fsp3) is 0.600. The molecular formula is C15H22FNO. The topological polar surface area (TPSA) is 23.5 Å². The lowest BCUT2D eigenvalue weighted by atomic mass is 10.0. The van der Waals surface area contributed by atoms with Crippen molar-refractivity contribution in [2.24, 2.45) is 5.92 Å². The van der Waals surface area contributed by atoms with Crippen molar-refractivity contribution in [3.63, 3.8) is 0 Å². The van der Waals surface area contributed by atoms with Gasteiger partial charge in [-0.05, 0) is 50.4 Å². The highest BCUT2D eigenvalue weighted by Crippen LogP contribution is 2.33. The average molecular weight is 251 g/mol. The first-order valence-corrected chi connectivity index (χ1v) is 6.84. The van der Waals surface area contributed by atoms with Crippen molar-refractivity contribution in [3.8, 4) is 5.75 Å². The molecule has 1 aromatic rings. The Morgan fingerprint density at radius 1 is 1.50 bits per heavy atom. The van der Waals surface area contributed by atoms with E-state index in [1.807, 2.05) is 6.92 Å². The largest absolute Gasteiger partial charge is 0.508 e. The number of nitrogens with zero attached hydrogens (tertiary/aromatic N) is 1. The highest BCUT2D eigenvalue weighted by Gasteiger charge is 2.27. The molecule has 1 N–H and O–H groups in total. The molecule has 0 aromatic heterocycles. The van der Waals surface area contributed by atoms with Crippen LogP contribution in [0.3, 0.4) is 0 Å². The molecule has 2 rings (SSSR count). The van der Waals surface area contributed by atoms with Crippen LogP contribution in [-0.4, -0.2) is 23.1 Å². The predicted molar refractivity (Wildman–Crippen MR) is 71.1 cm³/mol. The molecule has 0 spiro atoms. The summed E-state index contributed by atoms with van der Waals surface area (Å²) in [5.74, 6) is 0.676. The number of halogens is 1. The van der Waals surface area contributed by atoms with Crippen molar-refractivity contribution in [1.82, 2.24) is 4.90 Å². The van der Waals surface area contributed by atoms with Gasteiger partial charge in [-0.25, -0.2) is 4.39 Å². The Kier molecular flexibility index (Phi) is 4.23. The lowest BCUT2D eigenvalue weighted by Crippen LogP contribution is -2.24. The number of phenols is 1. The van der Waals surface area contributed by atoms with Gasteiger partial charge in [0.05, 0.1) is 0 Å². The van der Waals surface area contributed by atoms with Gasteiger partial charge in [-0.2, -0.15) is 0 Å². The number of likely N-dealkylation sites (tertiary alicyclic amines) is 1. The summed E-state index contributed by atoms with van der Waals surface area (Å²) >= 11 is 0. The second-order valence-corrected chi connectivity index (χ2v) is 5.32. The van der Waals surface area contributed by atoms with Gasteiger partial charge in [-0.1, -0.05) is 13.3 Å². The molecule has 0 aliphatic carbocycles. The molecule has 1 aliphatic rings. The van der Waals surface area contributed by atoms with E-state index in [4.69, 9.17) is 0 Å². The Bertz CT molecular complexity index is 407. The lowest BCUT2D eigenvalue weighted by molar-refractivity contribution is 0.245. The van der Waals surface area contributed by atoms with Gasteiger partial charge in [0.15, 0.2) is 0 Å². The van der Waals surface area contributed by atoms with Crippen LogP contribution in [-0.2, 0) is 0 Å². The van der Waals surface area contributed by atoms with E-state index in [-0.39, 0.29) is 17.6 Å². The van der Waals surface area contributed by atoms with Crippen LogP contribution in [0.25, 0.3) is 0 Å². The summed E-state index contributed by atoms with van der Waals surface area (Å²) in [5.41, 5.74) is 0.701. The quantitative estimate of drug-likeness (QED) is 0.881. The third kappa shape index (κ3) is 2.83. The van der Waals surface area contributed by atoms with E-state index in [1.54, 1.807) is 0 Å². The Hall–Kier alpha value is -1.09. The van der Waals surface area contributed by atoms with E-state index < -0.39 is 0 Å². The molecule has 2 atom stereocenters. The first kappa shape index (κ1) is 13.3. The summed E-state index contributed by atoms with van der Waals surface area (Å²) < 4.78 is 13.3. The van der Waals surface area contributed by atoms with Crippen LogP contribution in [0.4, 0.5) is 4.39 Å². The van der Waals surface area contributed by atoms with Gasteiger partial charge in [0, 0.05) is 18.2 Å². The number of hydrogen-bond donors (Lipinski definition) is 1. The Balaban J connectivity index is 2.07. The first-order valence-electron chi connectivity index (χ1n) is 6.84. The van der Waals surface area contributed by atoms with E-state index in [0.29, 0.717) is 5.56 Å². The van der Waals surface area contributed by atoms with Crippen molar-refractivity contribution in [2.45, 2.75) is 39.2 Å². The van der Waals surface area contributed by atoms with Crippen LogP contribution >= 0.6 is 0 Å². The highest BCUT2D eigenvalue weighted by atomic mass is 19.1. The summed E-state index contributed by atoms with van der Waals surface area (Å²) in [7, 11) is 0. The van der Waals surface area contributed by atoms with Gasteiger partial charge in [-0.15, -0.1) is 0 Å². The number of aromatic hydroxyl groups is 1. The molecule has 0 bridgehead atoms. The molecule has 1 heterocycles. The standard InChI is InChI=1S/C15H22FNO/c1-3-4-12-7-8-17(10-12)11(2)14-9-13(16)5-6-15(14)18/h5-6,9,11-12,18H,3-4,7-8,10H2,1-2H3. The van der Waals surface area contributed by atoms with E-state index >= 15 is 0 Å². The summed E-state index contributed by atoms with van der Waals surface area (Å²) in [6, 6.07) is 4.28. The molecule has 0 radical (unpaired) electrons. The van der Waals surface area contributed by atoms with Gasteiger partial charge in [0.1, 0.15) is 11.6 Å². The molecule has 3 heteroatoms. The molecular weight excluding hydrogens is 229 g/mol. The van der Waals surface area contributed by atoms with Gasteiger partial charge in [0.25, 0.3) is 0 Å². The molecule has 1 saturated heterocycles. The SMILES string of the molecule is CCCC1CCN(C(C)c2cc(F)ccc2O)C1. The number of hydrogen-bond acceptors (Lipinski definition) is 2. The second kappa shape index (κ2) is 5.70. The average Bonchev–Trinajstić information content (AvgIpc) is 2.80. The first-order chi connectivity index (χ1) is 8.61. The molecule has 0 amide bonds. The monoisotopic (exact) mass is 251 g/mol. The Morgan fingerprint density at radius 3 is 3.00 bits per heavy atom. The summed E-state index contributed by atoms with van der Waals surface area (Å²) in [5, 5.41) is 9.84. The molecule has 100 valence electrons. The Labute approximate surface area is 108 Å². The van der Waals surface area contributed by atoms with Gasteiger partial charge in [-0.3, -0.25) is 4.90 Å². The van der Waals surface area contributed by atoms with Gasteiger partial charge >= 0.3 is 0 Å². The van der Waals surface area contributed by atoms with Gasteiger partial charge in [0.2, 0.25) is 0 Å². The third-order valence-corrected chi connectivity index (χ3v) is 4.00. The van der Waals surface area contributed by atoms with Crippen molar-refractivity contribution >= 4 is 0 Å². The molecule has 1 aliphatic heterocycles. The maximum atomic E-state index is 13.3. The molecule has 18 heavy (non-hydrogen) atoms. The fourth-order valence-electron chi connectivity index (χ4n) is 2.91. The minimum atomic E-state index is -0.279. The van der Waals surface area contributed by atoms with Crippen molar-refractivity contribution in [1.29, 1.82) is 0 Å². The zero-order valence-corrected chi connectivity index (χ0v) is 11.2. The lowest BCUT2D eigenvalue weighted by Gasteiger charge is -2.25. The molecule has 1 fully saturated rings. The fourth-order valence-corrected chi connectivity index (χ4v) is 2.91. The van der Waals surface area contributed by atoms with E-state index in [1.165, 1.54) is 37.5 Å². The van der Waals surface area contributed by atoms with Crippen LogP contribution in [0.2, 0.25) is 0 Å². The molecule has 1 aromatic carbocycles. The maximum absolute atomic E-state index is 13.3. The van der Waals surface area contributed by atoms with Gasteiger partial charge < -0.3 is 5.11 Å². The van der Waals surface area contributed by atoms with Crippen molar-refractivity contribution in [2.75, 3.05) is 13.1 Å². The summed E-state index contributed by atoms with van der Waals surface area (Å²) in [6.07, 6.45) is 3.70. The number of phenolic OH excluding ortho intramolecular Hbond substituents is 1. The Morgan fingerprint density at radius 2 is 2.28 bits per heavy atom. The summed E-state index contributed by atoms with van der Waals surface area (Å²) in [6.45, 7) is 6.36. The minimum Gasteiger partial charge on any atom is -0.508 e. The molecule has 2 nitrogen and oxygen atoms in total. The summed E-state index contributed by atoms with van der Waals surface area (Å²) in [4.78, 5) is 2.34. The van der Waals surface area contributed by atoms with Crippen molar-refractivity contribution < 1.29 is 9.50 Å². The highest BCUT2D eigenvalue weighted by molar-refractivity contribution is 5.35. The van der Waals surface area contributed by atoms with Crippen LogP contribution in [0.15, 0.2) is 18.2 Å². The van der Waals surface area contributed by atoms with Crippen LogP contribution in [0.5, 0.6) is 5.75 Å². The van der Waals surface area contributed by atoms with E-state index in [2.05, 4.69) is 11.8 Å². The molecule has 2 unspecified atom stereocenters. The predicted octanol–water partition coefficient (Wildman–Crippen LogP) is 3.71. The van der Waals surface area contributed by atoms with Crippen molar-refractivity contribution in [3.05, 3.63) is 29.6 Å².